The van der Waals surface area contributed by atoms with Crippen LogP contribution < -0.4 is 0 Å². The minimum atomic E-state index is 0.384. The summed E-state index contributed by atoms with van der Waals surface area (Å²) in [7, 11) is 0. The molecule has 0 N–H and O–H groups in total. The van der Waals surface area contributed by atoms with Gasteiger partial charge in [0.15, 0.2) is 0 Å². The fourth-order valence-corrected chi connectivity index (χ4v) is 4.10. The lowest BCUT2D eigenvalue weighted by atomic mass is 9.99. The Balaban J connectivity index is 0.000000273. The predicted molar refractivity (Wildman–Crippen MR) is 147 cm³/mol. The monoisotopic (exact) mass is 448 g/mol. The van der Waals surface area contributed by atoms with Gasteiger partial charge in [0.1, 0.15) is 6.29 Å². The Morgan fingerprint density at radius 3 is 2.06 bits per heavy atom. The fraction of sp³-hybridized carbons (Fsp3) is 0.531. The van der Waals surface area contributed by atoms with E-state index in [1.54, 1.807) is 5.57 Å². The van der Waals surface area contributed by atoms with Gasteiger partial charge in [-0.15, -0.1) is 0 Å². The Kier molecular flexibility index (Phi) is 15.2. The molecule has 0 saturated heterocycles. The lowest BCUT2D eigenvalue weighted by molar-refractivity contribution is -0.111. The third-order valence-corrected chi connectivity index (χ3v) is 6.90. The summed E-state index contributed by atoms with van der Waals surface area (Å²) < 4.78 is 0. The first-order valence-electron chi connectivity index (χ1n) is 13.2. The van der Waals surface area contributed by atoms with Gasteiger partial charge in [0.05, 0.1) is 0 Å². The Labute approximate surface area is 204 Å². The molecule has 33 heavy (non-hydrogen) atoms. The van der Waals surface area contributed by atoms with Crippen LogP contribution in [0, 0.1) is 17.8 Å². The first kappa shape index (κ1) is 28.9. The minimum Gasteiger partial charge on any atom is -0.303 e. The van der Waals surface area contributed by atoms with Crippen molar-refractivity contribution in [1.82, 2.24) is 0 Å². The number of unbranched alkanes of at least 4 members (excludes halogenated alkanes) is 1. The molecule has 1 heteroatoms. The molecule has 1 nitrogen and oxygen atoms in total. The van der Waals surface area contributed by atoms with Crippen LogP contribution >= 0.6 is 0 Å². The van der Waals surface area contributed by atoms with E-state index in [9.17, 15) is 4.79 Å². The molecule has 0 amide bonds. The lowest BCUT2D eigenvalue weighted by Crippen LogP contribution is -2.03. The van der Waals surface area contributed by atoms with Crippen LogP contribution in [0.15, 0.2) is 66.2 Å². The second-order valence-electron chi connectivity index (χ2n) is 9.54. The second kappa shape index (κ2) is 17.3. The predicted octanol–water partition coefficient (Wildman–Crippen LogP) is 9.71. The number of allylic oxidation sites excluding steroid dienone is 2. The standard InChI is InChI=1S/C16H18.C9H18.C7H12O/c1-2-3-7-14-10-12-16(13-11-14)15-8-5-4-6-9-15;1-5-7-9(4)8(3)6-2;1-6-3-2-4-7(6)5-8/h4-6,8-13H,2-3,7H2,1H3;7-8H,5-6H2,1-4H3;5-7H,2-4H2,1H3. The van der Waals surface area contributed by atoms with Gasteiger partial charge in [0, 0.05) is 5.92 Å². The third kappa shape index (κ3) is 11.5. The van der Waals surface area contributed by atoms with Crippen LogP contribution in [0.2, 0.25) is 0 Å². The van der Waals surface area contributed by atoms with Gasteiger partial charge in [0.25, 0.3) is 0 Å². The molecule has 0 radical (unpaired) electrons. The van der Waals surface area contributed by atoms with Crippen molar-refractivity contribution in [3.63, 3.8) is 0 Å². The molecule has 2 aromatic carbocycles. The molecule has 0 heterocycles. The first-order chi connectivity index (χ1) is 16.0. The first-order valence-corrected chi connectivity index (χ1v) is 13.2. The number of hydrogen-bond acceptors (Lipinski definition) is 1. The van der Waals surface area contributed by atoms with Crippen LogP contribution in [0.5, 0.6) is 0 Å². The number of benzene rings is 2. The van der Waals surface area contributed by atoms with Crippen molar-refractivity contribution in [2.24, 2.45) is 17.8 Å². The Morgan fingerprint density at radius 2 is 1.61 bits per heavy atom. The number of carbonyl (C=O) groups is 1. The average Bonchev–Trinajstić information content (AvgIpc) is 3.29. The molecule has 1 fully saturated rings. The maximum absolute atomic E-state index is 10.2. The maximum Gasteiger partial charge on any atom is 0.123 e. The number of rotatable bonds is 8. The topological polar surface area (TPSA) is 17.1 Å². The molecular weight excluding hydrogens is 400 g/mol. The number of aryl methyl sites for hydroxylation is 1. The van der Waals surface area contributed by atoms with Gasteiger partial charge in [-0.3, -0.25) is 0 Å². The summed E-state index contributed by atoms with van der Waals surface area (Å²) in [6, 6.07) is 19.5. The van der Waals surface area contributed by atoms with E-state index in [1.807, 2.05) is 0 Å². The zero-order valence-corrected chi connectivity index (χ0v) is 22.1. The Morgan fingerprint density at radius 1 is 0.970 bits per heavy atom. The second-order valence-corrected chi connectivity index (χ2v) is 9.54. The van der Waals surface area contributed by atoms with Crippen LogP contribution in [-0.4, -0.2) is 6.29 Å². The van der Waals surface area contributed by atoms with Gasteiger partial charge in [-0.05, 0) is 67.6 Å². The van der Waals surface area contributed by atoms with E-state index in [2.05, 4.69) is 102 Å². The van der Waals surface area contributed by atoms with Gasteiger partial charge >= 0.3 is 0 Å². The molecule has 3 rings (SSSR count). The van der Waals surface area contributed by atoms with Gasteiger partial charge in [0.2, 0.25) is 0 Å². The third-order valence-electron chi connectivity index (χ3n) is 6.90. The van der Waals surface area contributed by atoms with E-state index >= 15 is 0 Å². The largest absolute Gasteiger partial charge is 0.303 e. The fourth-order valence-electron chi connectivity index (χ4n) is 4.10. The normalized spacial score (nSPS) is 18.4. The molecule has 2 aromatic rings. The van der Waals surface area contributed by atoms with E-state index in [0.717, 1.165) is 18.6 Å². The van der Waals surface area contributed by atoms with E-state index in [-0.39, 0.29) is 0 Å². The van der Waals surface area contributed by atoms with Gasteiger partial charge in [-0.1, -0.05) is 120 Å². The zero-order chi connectivity index (χ0) is 24.5. The van der Waals surface area contributed by atoms with Crippen molar-refractivity contribution < 1.29 is 4.79 Å². The minimum absolute atomic E-state index is 0.384. The van der Waals surface area contributed by atoms with E-state index in [1.165, 1.54) is 61.6 Å². The molecule has 182 valence electrons. The smallest absolute Gasteiger partial charge is 0.123 e. The van der Waals surface area contributed by atoms with Crippen LogP contribution in [0.1, 0.15) is 92.1 Å². The number of hydrogen-bond donors (Lipinski definition) is 0. The summed E-state index contributed by atoms with van der Waals surface area (Å²) in [6.07, 6.45) is 13.2. The lowest BCUT2D eigenvalue weighted by Gasteiger charge is -2.07. The SMILES string of the molecule is CC1CCCC1C=O.CCC=C(C)C(C)CC.CCCCc1ccc(-c2ccccc2)cc1. The summed E-state index contributed by atoms with van der Waals surface area (Å²) in [5, 5.41) is 0. The van der Waals surface area contributed by atoms with Crippen LogP contribution in [0.3, 0.4) is 0 Å². The molecular formula is C32H48O. The van der Waals surface area contributed by atoms with E-state index < -0.39 is 0 Å². The molecule has 1 aliphatic carbocycles. The van der Waals surface area contributed by atoms with Crippen molar-refractivity contribution in [3.8, 4) is 11.1 Å². The van der Waals surface area contributed by atoms with E-state index in [4.69, 9.17) is 0 Å². The van der Waals surface area contributed by atoms with Gasteiger partial charge in [-0.25, -0.2) is 0 Å². The molecule has 0 aromatic heterocycles. The maximum atomic E-state index is 10.2. The van der Waals surface area contributed by atoms with Crippen LogP contribution in [0.25, 0.3) is 11.1 Å². The highest BCUT2D eigenvalue weighted by atomic mass is 16.1. The summed E-state index contributed by atoms with van der Waals surface area (Å²) in [6.45, 7) is 13.3. The van der Waals surface area contributed by atoms with Crippen molar-refractivity contribution in [1.29, 1.82) is 0 Å². The van der Waals surface area contributed by atoms with Gasteiger partial charge in [-0.2, -0.15) is 0 Å². The molecule has 3 atom stereocenters. The van der Waals surface area contributed by atoms with Crippen molar-refractivity contribution in [2.75, 3.05) is 0 Å². The highest BCUT2D eigenvalue weighted by molar-refractivity contribution is 5.63. The molecule has 3 unspecified atom stereocenters. The molecule has 0 aliphatic heterocycles. The van der Waals surface area contributed by atoms with Crippen molar-refractivity contribution >= 4 is 6.29 Å². The molecule has 1 aliphatic rings. The summed E-state index contributed by atoms with van der Waals surface area (Å²) in [4.78, 5) is 10.2. The Hall–Kier alpha value is -2.15. The van der Waals surface area contributed by atoms with Gasteiger partial charge < -0.3 is 4.79 Å². The number of carbonyl (C=O) groups excluding carboxylic acids is 1. The molecule has 0 bridgehead atoms. The highest BCUT2D eigenvalue weighted by Crippen LogP contribution is 2.29. The summed E-state index contributed by atoms with van der Waals surface area (Å²) >= 11 is 0. The highest BCUT2D eigenvalue weighted by Gasteiger charge is 2.21. The average molecular weight is 449 g/mol. The van der Waals surface area contributed by atoms with Crippen molar-refractivity contribution in [2.45, 2.75) is 92.9 Å². The van der Waals surface area contributed by atoms with Crippen LogP contribution in [-0.2, 0) is 11.2 Å². The molecule has 0 spiro atoms. The summed E-state index contributed by atoms with van der Waals surface area (Å²) in [5.41, 5.74) is 5.59. The van der Waals surface area contributed by atoms with Crippen LogP contribution in [0.4, 0.5) is 0 Å². The zero-order valence-electron chi connectivity index (χ0n) is 22.1. The van der Waals surface area contributed by atoms with Crippen molar-refractivity contribution in [3.05, 3.63) is 71.8 Å². The Bertz CT molecular complexity index is 772. The molecule has 1 saturated carbocycles. The summed E-state index contributed by atoms with van der Waals surface area (Å²) in [5.74, 6) is 1.83. The number of aldehydes is 1. The quantitative estimate of drug-likeness (QED) is 0.290. The van der Waals surface area contributed by atoms with E-state index in [0.29, 0.717) is 11.8 Å².